The van der Waals surface area contributed by atoms with Gasteiger partial charge in [-0.2, -0.15) is 0 Å². The normalized spacial score (nSPS) is 13.8. The molecule has 1 aromatic carbocycles. The smallest absolute Gasteiger partial charge is 0.223 e. The molecule has 1 aromatic rings. The molecule has 1 aliphatic carbocycles. The number of para-hydroxylation sites is 1. The zero-order valence-corrected chi connectivity index (χ0v) is 15.6. The van der Waals surface area contributed by atoms with Crippen LogP contribution in [0.4, 0.5) is 0 Å². The molecular weight excluding hydrogens is 314 g/mol. The van der Waals surface area contributed by atoms with Gasteiger partial charge in [0.2, 0.25) is 5.91 Å². The highest BCUT2D eigenvalue weighted by Crippen LogP contribution is 2.29. The second-order valence-corrected chi connectivity index (χ2v) is 5.14. The molecule has 0 saturated heterocycles. The number of carbonyl (C=O) groups excluding carboxylic acids is 1. The van der Waals surface area contributed by atoms with Crippen LogP contribution in [0.1, 0.15) is 26.7 Å². The molecular formula is C21H31NO3. The summed E-state index contributed by atoms with van der Waals surface area (Å²) < 4.78 is 4.91. The minimum absolute atomic E-state index is 0.0193. The monoisotopic (exact) mass is 345 g/mol. The van der Waals surface area contributed by atoms with Crippen LogP contribution in [0.25, 0.3) is 0 Å². The fourth-order valence-corrected chi connectivity index (χ4v) is 1.89. The van der Waals surface area contributed by atoms with E-state index in [2.05, 4.69) is 18.5 Å². The molecule has 0 spiro atoms. The number of nitrogens with one attached hydrogen (secondary N) is 1. The molecule has 4 heteroatoms. The number of methoxy groups -OCH3 is 1. The Hall–Kier alpha value is -2.33. The van der Waals surface area contributed by atoms with E-state index in [4.69, 9.17) is 9.84 Å². The average molecular weight is 345 g/mol. The number of aliphatic hydroxyl groups is 1. The zero-order valence-electron chi connectivity index (χ0n) is 15.6. The van der Waals surface area contributed by atoms with Crippen LogP contribution in [0.2, 0.25) is 0 Å². The third-order valence-electron chi connectivity index (χ3n) is 3.37. The fourth-order valence-electron chi connectivity index (χ4n) is 1.89. The maximum atomic E-state index is 11.5. The lowest BCUT2D eigenvalue weighted by Gasteiger charge is -2.17. The van der Waals surface area contributed by atoms with Crippen LogP contribution in [0.5, 0.6) is 5.75 Å². The van der Waals surface area contributed by atoms with Gasteiger partial charge in [-0.05, 0) is 30.5 Å². The van der Waals surface area contributed by atoms with Crippen molar-refractivity contribution in [2.24, 2.45) is 5.92 Å². The Morgan fingerprint density at radius 2 is 1.92 bits per heavy atom. The lowest BCUT2D eigenvalue weighted by atomic mass is 10.1. The van der Waals surface area contributed by atoms with Crippen LogP contribution in [0.3, 0.4) is 0 Å². The molecule has 4 nitrogen and oxygen atoms in total. The summed E-state index contributed by atoms with van der Waals surface area (Å²) in [5.41, 5.74) is 0.779. The van der Waals surface area contributed by atoms with Crippen molar-refractivity contribution in [2.45, 2.75) is 32.7 Å². The predicted octanol–water partition coefficient (Wildman–Crippen LogP) is 3.89. The number of carbonyl (C=O) groups is 1. The number of rotatable bonds is 7. The summed E-state index contributed by atoms with van der Waals surface area (Å²) >= 11 is 0. The summed E-state index contributed by atoms with van der Waals surface area (Å²) in [6.45, 7) is 11.1. The van der Waals surface area contributed by atoms with Crippen LogP contribution in [-0.4, -0.2) is 30.8 Å². The van der Waals surface area contributed by atoms with E-state index in [-0.39, 0.29) is 24.5 Å². The van der Waals surface area contributed by atoms with Crippen molar-refractivity contribution in [3.05, 3.63) is 67.3 Å². The summed E-state index contributed by atoms with van der Waals surface area (Å²) in [7, 11) is 1.66. The van der Waals surface area contributed by atoms with E-state index in [9.17, 15) is 4.79 Å². The highest BCUT2D eigenvalue weighted by Gasteiger charge is 2.31. The van der Waals surface area contributed by atoms with Gasteiger partial charge in [0.25, 0.3) is 0 Å². The van der Waals surface area contributed by atoms with Gasteiger partial charge in [-0.25, -0.2) is 0 Å². The fraction of sp³-hybridized carbons (Fsp3) is 0.381. The molecule has 1 fully saturated rings. The molecule has 0 aliphatic heterocycles. The molecule has 0 radical (unpaired) electrons. The quantitative estimate of drug-likeness (QED) is 0.737. The molecule has 0 aromatic heterocycles. The van der Waals surface area contributed by atoms with Gasteiger partial charge in [0.15, 0.2) is 0 Å². The highest BCUT2D eigenvalue weighted by molar-refractivity contribution is 5.81. The van der Waals surface area contributed by atoms with E-state index < -0.39 is 0 Å². The first kappa shape index (κ1) is 22.7. The van der Waals surface area contributed by atoms with Crippen LogP contribution in [0.15, 0.2) is 67.3 Å². The number of benzene rings is 1. The Morgan fingerprint density at radius 3 is 2.28 bits per heavy atom. The third-order valence-corrected chi connectivity index (χ3v) is 3.37. The Labute approximate surface area is 151 Å². The number of hydrogen-bond acceptors (Lipinski definition) is 3. The van der Waals surface area contributed by atoms with E-state index in [0.29, 0.717) is 0 Å². The number of hydrogen-bond donors (Lipinski definition) is 2. The summed E-state index contributed by atoms with van der Waals surface area (Å²) in [5, 5.41) is 12.0. The summed E-state index contributed by atoms with van der Waals surface area (Å²) in [6.07, 6.45) is 6.89. The molecule has 1 amide bonds. The lowest BCUT2D eigenvalue weighted by Crippen LogP contribution is -2.39. The van der Waals surface area contributed by atoms with Crippen LogP contribution in [-0.2, 0) is 4.79 Å². The summed E-state index contributed by atoms with van der Waals surface area (Å²) in [6, 6.07) is 9.31. The van der Waals surface area contributed by atoms with Gasteiger partial charge in [-0.3, -0.25) is 4.79 Å². The first-order valence-electron chi connectivity index (χ1n) is 8.61. The second-order valence-electron chi connectivity index (χ2n) is 5.14. The Kier molecular flexibility index (Phi) is 12.7. The number of amides is 1. The zero-order chi connectivity index (χ0) is 19.1. The molecule has 0 bridgehead atoms. The molecule has 2 N–H and O–H groups in total. The van der Waals surface area contributed by atoms with E-state index in [1.165, 1.54) is 0 Å². The molecule has 1 unspecified atom stereocenters. The molecule has 138 valence electrons. The first-order chi connectivity index (χ1) is 12.2. The lowest BCUT2D eigenvalue weighted by molar-refractivity contribution is -0.123. The van der Waals surface area contributed by atoms with Crippen molar-refractivity contribution in [1.29, 1.82) is 0 Å². The highest BCUT2D eigenvalue weighted by atomic mass is 16.5. The van der Waals surface area contributed by atoms with Crippen LogP contribution in [0, 0.1) is 5.92 Å². The standard InChI is InChI=1S/C12H17NO2.C7H8O.C2H6/c1-3-5-9(4-2)11(8-14)13-12(15)10-6-7-10;1-8-7-5-3-2-4-6-7;1-2/h3-5,10-11,14H,1-2,6-8H2,(H,13,15);2-6H,1H3;1-2H3/b9-5+;;. The van der Waals surface area contributed by atoms with Crippen molar-refractivity contribution in [3.63, 3.8) is 0 Å². The van der Waals surface area contributed by atoms with E-state index in [1.54, 1.807) is 25.3 Å². The van der Waals surface area contributed by atoms with Gasteiger partial charge in [0.05, 0.1) is 19.8 Å². The molecule has 25 heavy (non-hydrogen) atoms. The summed E-state index contributed by atoms with van der Waals surface area (Å²) in [5.74, 6) is 1.08. The summed E-state index contributed by atoms with van der Waals surface area (Å²) in [4.78, 5) is 11.5. The van der Waals surface area contributed by atoms with Crippen molar-refractivity contribution >= 4 is 5.91 Å². The topological polar surface area (TPSA) is 58.6 Å². The molecule has 1 aliphatic rings. The van der Waals surface area contributed by atoms with Gasteiger partial charge in [-0.1, -0.05) is 63.4 Å². The minimum Gasteiger partial charge on any atom is -0.497 e. The first-order valence-corrected chi connectivity index (χ1v) is 8.61. The number of allylic oxidation sites excluding steroid dienone is 2. The molecule has 1 atom stereocenters. The Morgan fingerprint density at radius 1 is 1.32 bits per heavy atom. The number of ether oxygens (including phenoxy) is 1. The maximum absolute atomic E-state index is 11.5. The molecule has 1 saturated carbocycles. The predicted molar refractivity (Wildman–Crippen MR) is 105 cm³/mol. The van der Waals surface area contributed by atoms with Crippen molar-refractivity contribution in [3.8, 4) is 5.75 Å². The molecule has 0 heterocycles. The largest absolute Gasteiger partial charge is 0.497 e. The van der Waals surface area contributed by atoms with Crippen LogP contribution < -0.4 is 10.1 Å². The van der Waals surface area contributed by atoms with Gasteiger partial charge in [-0.15, -0.1) is 0 Å². The second kappa shape index (κ2) is 14.1. The van der Waals surface area contributed by atoms with E-state index in [1.807, 2.05) is 44.2 Å². The van der Waals surface area contributed by atoms with Gasteiger partial charge < -0.3 is 15.2 Å². The van der Waals surface area contributed by atoms with Gasteiger partial charge >= 0.3 is 0 Å². The SMILES string of the molecule is C=C/C=C(\C=C)C(CO)NC(=O)C1CC1.CC.COc1ccccc1. The maximum Gasteiger partial charge on any atom is 0.223 e. The number of aliphatic hydroxyl groups excluding tert-OH is 1. The van der Waals surface area contributed by atoms with E-state index in [0.717, 1.165) is 24.2 Å². The Balaban J connectivity index is 0.000000483. The molecule has 2 rings (SSSR count). The van der Waals surface area contributed by atoms with Crippen LogP contribution >= 0.6 is 0 Å². The Bertz CT molecular complexity index is 533. The average Bonchev–Trinajstić information content (AvgIpc) is 3.52. The van der Waals surface area contributed by atoms with Crippen molar-refractivity contribution in [2.75, 3.05) is 13.7 Å². The third kappa shape index (κ3) is 9.52. The van der Waals surface area contributed by atoms with Gasteiger partial charge in [0.1, 0.15) is 5.75 Å². The minimum atomic E-state index is -0.367. The van der Waals surface area contributed by atoms with Gasteiger partial charge in [0, 0.05) is 5.92 Å². The van der Waals surface area contributed by atoms with Crippen molar-refractivity contribution in [1.82, 2.24) is 5.32 Å². The van der Waals surface area contributed by atoms with Crippen molar-refractivity contribution < 1.29 is 14.6 Å². The van der Waals surface area contributed by atoms with E-state index >= 15 is 0 Å².